The SMILES string of the molecule is CN=C(NCc1cc(Br)ccc1F)N1CCC(COCCOC)C1. The fourth-order valence-corrected chi connectivity index (χ4v) is 3.15. The number of aliphatic imine (C=N–C) groups is 1. The molecule has 0 radical (unpaired) electrons. The first-order valence-electron chi connectivity index (χ1n) is 8.10. The van der Waals surface area contributed by atoms with Gasteiger partial charge in [0.25, 0.3) is 0 Å². The number of ether oxygens (including phenoxy) is 2. The largest absolute Gasteiger partial charge is 0.382 e. The van der Waals surface area contributed by atoms with Crippen LogP contribution in [0, 0.1) is 11.7 Å². The Labute approximate surface area is 151 Å². The Morgan fingerprint density at radius 3 is 3.04 bits per heavy atom. The molecular formula is C17H25BrFN3O2. The zero-order valence-corrected chi connectivity index (χ0v) is 15.8. The van der Waals surface area contributed by atoms with E-state index >= 15 is 0 Å². The Hall–Kier alpha value is -1.18. The summed E-state index contributed by atoms with van der Waals surface area (Å²) in [7, 11) is 3.42. The van der Waals surface area contributed by atoms with Gasteiger partial charge in [0.05, 0.1) is 19.8 Å². The Balaban J connectivity index is 1.81. The van der Waals surface area contributed by atoms with Gasteiger partial charge < -0.3 is 19.7 Å². The van der Waals surface area contributed by atoms with E-state index in [1.807, 2.05) is 0 Å². The van der Waals surface area contributed by atoms with Crippen molar-refractivity contribution in [1.82, 2.24) is 10.2 Å². The average molecular weight is 402 g/mol. The minimum atomic E-state index is -0.216. The molecule has 1 aromatic carbocycles. The molecule has 1 aliphatic rings. The second-order valence-corrected chi connectivity index (χ2v) is 6.72. The van der Waals surface area contributed by atoms with Crippen LogP contribution < -0.4 is 5.32 Å². The maximum Gasteiger partial charge on any atom is 0.193 e. The smallest absolute Gasteiger partial charge is 0.193 e. The summed E-state index contributed by atoms with van der Waals surface area (Å²) >= 11 is 3.37. The predicted octanol–water partition coefficient (Wildman–Crippen LogP) is 2.65. The molecule has 1 heterocycles. The van der Waals surface area contributed by atoms with Crippen molar-refractivity contribution in [3.63, 3.8) is 0 Å². The van der Waals surface area contributed by atoms with Gasteiger partial charge in [-0.25, -0.2) is 4.39 Å². The lowest BCUT2D eigenvalue weighted by atomic mass is 10.1. The molecule has 1 aromatic rings. The van der Waals surface area contributed by atoms with Crippen molar-refractivity contribution in [2.45, 2.75) is 13.0 Å². The Morgan fingerprint density at radius 2 is 2.29 bits per heavy atom. The molecule has 7 heteroatoms. The number of hydrogen-bond acceptors (Lipinski definition) is 3. The van der Waals surface area contributed by atoms with Crippen molar-refractivity contribution < 1.29 is 13.9 Å². The van der Waals surface area contributed by atoms with Crippen molar-refractivity contribution >= 4 is 21.9 Å². The van der Waals surface area contributed by atoms with Crippen molar-refractivity contribution in [2.75, 3.05) is 47.1 Å². The number of guanidine groups is 1. The summed E-state index contributed by atoms with van der Waals surface area (Å²) in [5, 5.41) is 3.25. The molecule has 0 spiro atoms. The molecule has 0 aromatic heterocycles. The first-order valence-corrected chi connectivity index (χ1v) is 8.89. The molecule has 5 nitrogen and oxygen atoms in total. The van der Waals surface area contributed by atoms with E-state index in [9.17, 15) is 4.39 Å². The first-order chi connectivity index (χ1) is 11.6. The zero-order chi connectivity index (χ0) is 17.4. The maximum atomic E-state index is 13.8. The summed E-state index contributed by atoms with van der Waals surface area (Å²) in [6, 6.07) is 4.95. The number of benzene rings is 1. The van der Waals surface area contributed by atoms with Gasteiger partial charge in [-0.05, 0) is 24.6 Å². The Kier molecular flexibility index (Phi) is 7.94. The van der Waals surface area contributed by atoms with Gasteiger partial charge in [0.1, 0.15) is 5.82 Å². The highest BCUT2D eigenvalue weighted by Crippen LogP contribution is 2.18. The molecule has 134 valence electrons. The maximum absolute atomic E-state index is 13.8. The summed E-state index contributed by atoms with van der Waals surface area (Å²) in [5.74, 6) is 1.07. The third-order valence-corrected chi connectivity index (χ3v) is 4.52. The molecule has 1 N–H and O–H groups in total. The molecule has 2 rings (SSSR count). The molecule has 1 aliphatic heterocycles. The number of nitrogens with zero attached hydrogens (tertiary/aromatic N) is 2. The lowest BCUT2D eigenvalue weighted by Crippen LogP contribution is -2.40. The highest BCUT2D eigenvalue weighted by atomic mass is 79.9. The number of methoxy groups -OCH3 is 1. The van der Waals surface area contributed by atoms with E-state index in [0.29, 0.717) is 31.2 Å². The van der Waals surface area contributed by atoms with Crippen LogP contribution in [0.15, 0.2) is 27.7 Å². The van der Waals surface area contributed by atoms with E-state index < -0.39 is 0 Å². The van der Waals surface area contributed by atoms with Crippen LogP contribution in [0.5, 0.6) is 0 Å². The molecule has 0 amide bonds. The third kappa shape index (κ3) is 5.72. The van der Waals surface area contributed by atoms with Gasteiger partial charge >= 0.3 is 0 Å². The molecule has 0 bridgehead atoms. The van der Waals surface area contributed by atoms with E-state index in [1.165, 1.54) is 6.07 Å². The van der Waals surface area contributed by atoms with Crippen LogP contribution in [0.4, 0.5) is 4.39 Å². The van der Waals surface area contributed by atoms with Crippen LogP contribution in [0.1, 0.15) is 12.0 Å². The highest BCUT2D eigenvalue weighted by Gasteiger charge is 2.25. The van der Waals surface area contributed by atoms with Crippen LogP contribution in [-0.4, -0.2) is 57.9 Å². The highest BCUT2D eigenvalue weighted by molar-refractivity contribution is 9.10. The monoisotopic (exact) mass is 401 g/mol. The second-order valence-electron chi connectivity index (χ2n) is 5.80. The molecule has 0 aliphatic carbocycles. The molecule has 1 atom stereocenters. The van der Waals surface area contributed by atoms with Crippen molar-refractivity contribution in [3.05, 3.63) is 34.1 Å². The fraction of sp³-hybridized carbons (Fsp3) is 0.588. The van der Waals surface area contributed by atoms with E-state index in [0.717, 1.165) is 36.5 Å². The van der Waals surface area contributed by atoms with E-state index in [4.69, 9.17) is 9.47 Å². The van der Waals surface area contributed by atoms with Crippen molar-refractivity contribution in [3.8, 4) is 0 Å². The van der Waals surface area contributed by atoms with Gasteiger partial charge in [-0.2, -0.15) is 0 Å². The Morgan fingerprint density at radius 1 is 1.46 bits per heavy atom. The van der Waals surface area contributed by atoms with Crippen LogP contribution in [0.3, 0.4) is 0 Å². The molecule has 1 saturated heterocycles. The molecular weight excluding hydrogens is 377 g/mol. The molecule has 24 heavy (non-hydrogen) atoms. The minimum Gasteiger partial charge on any atom is -0.382 e. The van der Waals surface area contributed by atoms with Crippen molar-refractivity contribution in [2.24, 2.45) is 10.9 Å². The lowest BCUT2D eigenvalue weighted by molar-refractivity contribution is 0.0536. The number of likely N-dealkylation sites (tertiary alicyclic amines) is 1. The summed E-state index contributed by atoms with van der Waals surface area (Å²) in [6.45, 7) is 4.22. The quantitative estimate of drug-likeness (QED) is 0.433. The lowest BCUT2D eigenvalue weighted by Gasteiger charge is -2.22. The summed E-state index contributed by atoms with van der Waals surface area (Å²) in [6.07, 6.45) is 1.07. The summed E-state index contributed by atoms with van der Waals surface area (Å²) < 4.78 is 25.3. The molecule has 1 unspecified atom stereocenters. The topological polar surface area (TPSA) is 46.1 Å². The van der Waals surface area contributed by atoms with Crippen LogP contribution in [-0.2, 0) is 16.0 Å². The predicted molar refractivity (Wildman–Crippen MR) is 96.7 cm³/mol. The number of rotatable bonds is 7. The summed E-state index contributed by atoms with van der Waals surface area (Å²) in [4.78, 5) is 6.51. The minimum absolute atomic E-state index is 0.216. The van der Waals surface area contributed by atoms with E-state index in [2.05, 4.69) is 31.1 Å². The summed E-state index contributed by atoms with van der Waals surface area (Å²) in [5.41, 5.74) is 0.615. The first kappa shape index (κ1) is 19.1. The Bertz CT molecular complexity index is 557. The normalized spacial score (nSPS) is 18.2. The van der Waals surface area contributed by atoms with Gasteiger partial charge in [-0.1, -0.05) is 15.9 Å². The van der Waals surface area contributed by atoms with E-state index in [-0.39, 0.29) is 5.82 Å². The third-order valence-electron chi connectivity index (χ3n) is 4.03. The standard InChI is InChI=1S/C17H25BrFN3O2/c1-20-17(21-10-14-9-15(18)3-4-16(14)19)22-6-5-13(11-22)12-24-8-7-23-2/h3-4,9,13H,5-8,10-12H2,1-2H3,(H,20,21). The van der Waals surface area contributed by atoms with Crippen molar-refractivity contribution in [1.29, 1.82) is 0 Å². The van der Waals surface area contributed by atoms with E-state index in [1.54, 1.807) is 26.3 Å². The number of hydrogen-bond donors (Lipinski definition) is 1. The number of halogens is 2. The second kappa shape index (κ2) is 9.96. The molecule has 1 fully saturated rings. The van der Waals surface area contributed by atoms with Gasteiger partial charge in [0.15, 0.2) is 5.96 Å². The van der Waals surface area contributed by atoms with Gasteiger partial charge in [0, 0.05) is 49.7 Å². The average Bonchev–Trinajstić information content (AvgIpc) is 3.04. The van der Waals surface area contributed by atoms with Crippen LogP contribution in [0.2, 0.25) is 0 Å². The van der Waals surface area contributed by atoms with Gasteiger partial charge in [0.2, 0.25) is 0 Å². The zero-order valence-electron chi connectivity index (χ0n) is 14.2. The van der Waals surface area contributed by atoms with Crippen LogP contribution >= 0.6 is 15.9 Å². The van der Waals surface area contributed by atoms with Crippen LogP contribution in [0.25, 0.3) is 0 Å². The number of nitrogens with one attached hydrogen (secondary N) is 1. The van der Waals surface area contributed by atoms with Gasteiger partial charge in [-0.15, -0.1) is 0 Å². The molecule has 0 saturated carbocycles. The van der Waals surface area contributed by atoms with Gasteiger partial charge in [-0.3, -0.25) is 4.99 Å². The fourth-order valence-electron chi connectivity index (χ4n) is 2.74.